The number of fused-ring (bicyclic) bond motifs is 1. The Morgan fingerprint density at radius 1 is 1.20 bits per heavy atom. The Kier molecular flexibility index (Phi) is 4.51. The molecule has 1 amide bonds. The zero-order valence-electron chi connectivity index (χ0n) is 14.8. The lowest BCUT2D eigenvalue weighted by Gasteiger charge is -2.30. The SMILES string of the molecule is C[C@@H]1CCCN(C(=O)c2ccc(COc3ccc4c(c3)CCC4)o2)C1. The van der Waals surface area contributed by atoms with E-state index in [-0.39, 0.29) is 5.91 Å². The number of likely N-dealkylation sites (tertiary alicyclic amines) is 1. The van der Waals surface area contributed by atoms with Crippen LogP contribution in [0.2, 0.25) is 0 Å². The van der Waals surface area contributed by atoms with E-state index in [9.17, 15) is 4.79 Å². The van der Waals surface area contributed by atoms with Crippen LogP contribution in [0.5, 0.6) is 5.75 Å². The van der Waals surface area contributed by atoms with Crippen molar-refractivity contribution in [3.8, 4) is 5.75 Å². The summed E-state index contributed by atoms with van der Waals surface area (Å²) in [6.45, 7) is 4.19. The van der Waals surface area contributed by atoms with E-state index in [1.807, 2.05) is 17.0 Å². The van der Waals surface area contributed by atoms with Crippen molar-refractivity contribution < 1.29 is 13.9 Å². The summed E-state index contributed by atoms with van der Waals surface area (Å²) >= 11 is 0. The molecule has 1 aliphatic heterocycles. The largest absolute Gasteiger partial charge is 0.486 e. The van der Waals surface area contributed by atoms with Crippen LogP contribution in [0.25, 0.3) is 0 Å². The van der Waals surface area contributed by atoms with Crippen molar-refractivity contribution in [3.63, 3.8) is 0 Å². The average molecular weight is 339 g/mol. The number of hydrogen-bond donors (Lipinski definition) is 0. The number of aryl methyl sites for hydroxylation is 2. The molecule has 4 heteroatoms. The van der Waals surface area contributed by atoms with Crippen LogP contribution in [0, 0.1) is 5.92 Å². The predicted molar refractivity (Wildman–Crippen MR) is 95.8 cm³/mol. The minimum Gasteiger partial charge on any atom is -0.486 e. The maximum atomic E-state index is 12.6. The molecule has 1 saturated heterocycles. The molecular formula is C21H25NO3. The maximum Gasteiger partial charge on any atom is 0.289 e. The van der Waals surface area contributed by atoms with Crippen LogP contribution >= 0.6 is 0 Å². The molecule has 2 heterocycles. The Hall–Kier alpha value is -2.23. The highest BCUT2D eigenvalue weighted by atomic mass is 16.5. The molecule has 1 aromatic carbocycles. The van der Waals surface area contributed by atoms with E-state index < -0.39 is 0 Å². The molecule has 2 aromatic rings. The van der Waals surface area contributed by atoms with E-state index in [1.54, 1.807) is 6.07 Å². The molecule has 1 fully saturated rings. The first-order valence-electron chi connectivity index (χ1n) is 9.31. The Morgan fingerprint density at radius 3 is 2.96 bits per heavy atom. The van der Waals surface area contributed by atoms with Gasteiger partial charge >= 0.3 is 0 Å². The number of furan rings is 1. The van der Waals surface area contributed by atoms with Crippen LogP contribution in [-0.2, 0) is 19.4 Å². The summed E-state index contributed by atoms with van der Waals surface area (Å²) in [5.74, 6) is 2.54. The second kappa shape index (κ2) is 6.95. The molecule has 2 aliphatic rings. The van der Waals surface area contributed by atoms with Gasteiger partial charge < -0.3 is 14.1 Å². The number of benzene rings is 1. The van der Waals surface area contributed by atoms with Gasteiger partial charge in [-0.3, -0.25) is 4.79 Å². The average Bonchev–Trinajstić information content (AvgIpc) is 3.28. The predicted octanol–water partition coefficient (Wildman–Crippen LogP) is 4.22. The third-order valence-corrected chi connectivity index (χ3v) is 5.27. The molecular weight excluding hydrogens is 314 g/mol. The Bertz CT molecular complexity index is 764. The summed E-state index contributed by atoms with van der Waals surface area (Å²) in [5.41, 5.74) is 2.83. The van der Waals surface area contributed by atoms with Gasteiger partial charge in [0, 0.05) is 13.1 Å². The minimum absolute atomic E-state index is 0.00432. The van der Waals surface area contributed by atoms with Crippen LogP contribution < -0.4 is 4.74 Å². The van der Waals surface area contributed by atoms with Crippen molar-refractivity contribution >= 4 is 5.91 Å². The summed E-state index contributed by atoms with van der Waals surface area (Å²) in [7, 11) is 0. The Balaban J connectivity index is 1.37. The summed E-state index contributed by atoms with van der Waals surface area (Å²) in [6, 6.07) is 9.92. The summed E-state index contributed by atoms with van der Waals surface area (Å²) in [4.78, 5) is 14.5. The number of carbonyl (C=O) groups is 1. The lowest BCUT2D eigenvalue weighted by Crippen LogP contribution is -2.38. The molecule has 1 aromatic heterocycles. The molecule has 0 N–H and O–H groups in total. The van der Waals surface area contributed by atoms with Crippen molar-refractivity contribution in [1.29, 1.82) is 0 Å². The maximum absolute atomic E-state index is 12.6. The fraction of sp³-hybridized carbons (Fsp3) is 0.476. The van der Waals surface area contributed by atoms with Crippen molar-refractivity contribution in [2.75, 3.05) is 13.1 Å². The monoisotopic (exact) mass is 339 g/mol. The number of ether oxygens (including phenoxy) is 1. The first kappa shape index (κ1) is 16.2. The van der Waals surface area contributed by atoms with Gasteiger partial charge in [-0.25, -0.2) is 0 Å². The second-order valence-electron chi connectivity index (χ2n) is 7.34. The molecule has 4 rings (SSSR count). The van der Waals surface area contributed by atoms with Crippen LogP contribution in [0.3, 0.4) is 0 Å². The number of rotatable bonds is 4. The standard InChI is InChI=1S/C21H25NO3/c1-15-4-3-11-22(13-15)21(23)20-10-9-19(25-20)14-24-18-8-7-16-5-2-6-17(16)12-18/h7-10,12,15H,2-6,11,13-14H2,1H3/t15-/m1/s1. The van der Waals surface area contributed by atoms with Crippen molar-refractivity contribution in [1.82, 2.24) is 4.90 Å². The zero-order valence-corrected chi connectivity index (χ0v) is 14.8. The highest BCUT2D eigenvalue weighted by Crippen LogP contribution is 2.26. The van der Waals surface area contributed by atoms with Crippen LogP contribution in [0.1, 0.15) is 53.6 Å². The lowest BCUT2D eigenvalue weighted by atomic mass is 10.0. The van der Waals surface area contributed by atoms with E-state index in [4.69, 9.17) is 9.15 Å². The smallest absolute Gasteiger partial charge is 0.289 e. The topological polar surface area (TPSA) is 42.7 Å². The van der Waals surface area contributed by atoms with Gasteiger partial charge in [0.15, 0.2) is 5.76 Å². The quantitative estimate of drug-likeness (QED) is 0.837. The molecule has 4 nitrogen and oxygen atoms in total. The highest BCUT2D eigenvalue weighted by Gasteiger charge is 2.24. The molecule has 0 unspecified atom stereocenters. The van der Waals surface area contributed by atoms with E-state index in [0.29, 0.717) is 24.0 Å². The molecule has 1 aliphatic carbocycles. The minimum atomic E-state index is -0.00432. The third kappa shape index (κ3) is 3.58. The number of carbonyl (C=O) groups excluding carboxylic acids is 1. The van der Waals surface area contributed by atoms with Gasteiger partial charge in [-0.2, -0.15) is 0 Å². The molecule has 0 spiro atoms. The van der Waals surface area contributed by atoms with E-state index in [0.717, 1.165) is 31.7 Å². The second-order valence-corrected chi connectivity index (χ2v) is 7.34. The molecule has 0 bridgehead atoms. The van der Waals surface area contributed by atoms with Gasteiger partial charge in [0.1, 0.15) is 18.1 Å². The summed E-state index contributed by atoms with van der Waals surface area (Å²) in [5, 5.41) is 0. The van der Waals surface area contributed by atoms with Crippen LogP contribution in [0.15, 0.2) is 34.7 Å². The van der Waals surface area contributed by atoms with Gasteiger partial charge in [-0.05, 0) is 73.4 Å². The van der Waals surface area contributed by atoms with Crippen molar-refractivity contribution in [2.45, 2.75) is 45.6 Å². The number of piperidine rings is 1. The van der Waals surface area contributed by atoms with E-state index in [2.05, 4.69) is 19.1 Å². The van der Waals surface area contributed by atoms with Gasteiger partial charge in [-0.1, -0.05) is 13.0 Å². The first-order valence-corrected chi connectivity index (χ1v) is 9.31. The van der Waals surface area contributed by atoms with Crippen molar-refractivity contribution in [2.24, 2.45) is 5.92 Å². The number of hydrogen-bond acceptors (Lipinski definition) is 3. The number of amides is 1. The zero-order chi connectivity index (χ0) is 17.2. The summed E-state index contributed by atoms with van der Waals surface area (Å²) in [6.07, 6.45) is 5.82. The lowest BCUT2D eigenvalue weighted by molar-refractivity contribution is 0.0647. The Morgan fingerprint density at radius 2 is 2.08 bits per heavy atom. The molecule has 132 valence electrons. The third-order valence-electron chi connectivity index (χ3n) is 5.27. The van der Waals surface area contributed by atoms with E-state index >= 15 is 0 Å². The van der Waals surface area contributed by atoms with Gasteiger partial charge in [-0.15, -0.1) is 0 Å². The first-order chi connectivity index (χ1) is 12.2. The van der Waals surface area contributed by atoms with Gasteiger partial charge in [0.25, 0.3) is 5.91 Å². The van der Waals surface area contributed by atoms with Crippen LogP contribution in [0.4, 0.5) is 0 Å². The van der Waals surface area contributed by atoms with Crippen LogP contribution in [-0.4, -0.2) is 23.9 Å². The van der Waals surface area contributed by atoms with Gasteiger partial charge in [0.2, 0.25) is 0 Å². The molecule has 0 saturated carbocycles. The van der Waals surface area contributed by atoms with Gasteiger partial charge in [0.05, 0.1) is 0 Å². The normalized spacial score (nSPS) is 19.7. The molecule has 1 atom stereocenters. The molecule has 25 heavy (non-hydrogen) atoms. The number of nitrogens with zero attached hydrogens (tertiary/aromatic N) is 1. The highest BCUT2D eigenvalue weighted by molar-refractivity contribution is 5.91. The fourth-order valence-electron chi connectivity index (χ4n) is 3.89. The molecule has 0 radical (unpaired) electrons. The fourth-order valence-corrected chi connectivity index (χ4v) is 3.89. The van der Waals surface area contributed by atoms with E-state index in [1.165, 1.54) is 30.4 Å². The Labute approximate surface area is 148 Å². The van der Waals surface area contributed by atoms with Crippen molar-refractivity contribution in [3.05, 3.63) is 53.0 Å². The summed E-state index contributed by atoms with van der Waals surface area (Å²) < 4.78 is 11.6.